The van der Waals surface area contributed by atoms with Gasteiger partial charge in [-0.25, -0.2) is 14.4 Å². The smallest absolute Gasteiger partial charge is 0.251 e. The molecule has 2 aromatic heterocycles. The fourth-order valence-electron chi connectivity index (χ4n) is 2.90. The summed E-state index contributed by atoms with van der Waals surface area (Å²) >= 11 is 0. The highest BCUT2D eigenvalue weighted by Crippen LogP contribution is 2.21. The minimum atomic E-state index is -0.300. The lowest BCUT2D eigenvalue weighted by Gasteiger charge is -2.08. The predicted molar refractivity (Wildman–Crippen MR) is 113 cm³/mol. The van der Waals surface area contributed by atoms with Crippen molar-refractivity contribution in [2.75, 3.05) is 0 Å². The maximum Gasteiger partial charge on any atom is 0.251 e. The summed E-state index contributed by atoms with van der Waals surface area (Å²) < 4.78 is 19.0. The lowest BCUT2D eigenvalue weighted by molar-refractivity contribution is 0.0950. The summed E-state index contributed by atoms with van der Waals surface area (Å²) in [6.07, 6.45) is 1.38. The Morgan fingerprint density at radius 3 is 2.83 bits per heavy atom. The minimum absolute atomic E-state index is 0. The fourth-order valence-corrected chi connectivity index (χ4v) is 2.90. The molecule has 0 aliphatic rings. The van der Waals surface area contributed by atoms with Gasteiger partial charge in [-0.05, 0) is 42.5 Å². The van der Waals surface area contributed by atoms with Crippen molar-refractivity contribution in [3.05, 3.63) is 83.7 Å². The van der Waals surface area contributed by atoms with Crippen molar-refractivity contribution >= 4 is 29.2 Å². The average Bonchev–Trinajstić information content (AvgIpc) is 3.14. The normalized spacial score (nSPS) is 10.5. The van der Waals surface area contributed by atoms with E-state index in [1.54, 1.807) is 36.4 Å². The van der Waals surface area contributed by atoms with Crippen LogP contribution in [0.15, 0.2) is 60.9 Å². The molecular weight excluding hydrogens is 409 g/mol. The number of benzene rings is 2. The van der Waals surface area contributed by atoms with E-state index in [9.17, 15) is 9.18 Å². The standard InChI is InChI=1S/C21H18FN5O2.ClH/c22-15-4-5-19-14(6-15)7-17(27-19)11-24-21(28)13-2-1-3-18(8-13)29-20-9-16(10-23)25-12-26-20;/h1-9,12,27H,10-11,23H2,(H,24,28);1H. The van der Waals surface area contributed by atoms with Gasteiger partial charge < -0.3 is 20.8 Å². The summed E-state index contributed by atoms with van der Waals surface area (Å²) in [6.45, 7) is 0.563. The highest BCUT2D eigenvalue weighted by atomic mass is 35.5. The number of nitrogens with zero attached hydrogens (tertiary/aromatic N) is 2. The second-order valence-electron chi connectivity index (χ2n) is 6.39. The van der Waals surface area contributed by atoms with Gasteiger partial charge in [0.15, 0.2) is 0 Å². The summed E-state index contributed by atoms with van der Waals surface area (Å²) in [5.41, 5.74) is 8.26. The molecule has 0 unspecified atom stereocenters. The number of nitrogens with two attached hydrogens (primary N) is 1. The number of carbonyl (C=O) groups is 1. The SMILES string of the molecule is Cl.NCc1cc(Oc2cccc(C(=O)NCc3cc4cc(F)ccc4[nH]3)c2)ncn1. The molecule has 30 heavy (non-hydrogen) atoms. The van der Waals surface area contributed by atoms with E-state index in [1.807, 2.05) is 6.07 Å². The molecule has 0 atom stereocenters. The van der Waals surface area contributed by atoms with Gasteiger partial charge in [-0.15, -0.1) is 12.4 Å². The topological polar surface area (TPSA) is 106 Å². The fraction of sp³-hybridized carbons (Fsp3) is 0.0952. The Morgan fingerprint density at radius 1 is 1.13 bits per heavy atom. The Hall–Kier alpha value is -3.49. The monoisotopic (exact) mass is 427 g/mol. The molecule has 4 aromatic rings. The molecule has 0 spiro atoms. The third-order valence-corrected chi connectivity index (χ3v) is 4.30. The van der Waals surface area contributed by atoms with Gasteiger partial charge in [0.1, 0.15) is 17.9 Å². The van der Waals surface area contributed by atoms with Crippen molar-refractivity contribution in [2.24, 2.45) is 5.73 Å². The number of rotatable bonds is 6. The zero-order chi connectivity index (χ0) is 20.2. The van der Waals surface area contributed by atoms with Crippen LogP contribution in [0.2, 0.25) is 0 Å². The largest absolute Gasteiger partial charge is 0.439 e. The molecule has 0 aliphatic carbocycles. The Morgan fingerprint density at radius 2 is 2.00 bits per heavy atom. The van der Waals surface area contributed by atoms with Crippen LogP contribution < -0.4 is 15.8 Å². The van der Waals surface area contributed by atoms with E-state index < -0.39 is 0 Å². The van der Waals surface area contributed by atoms with E-state index in [0.29, 0.717) is 22.9 Å². The second-order valence-corrected chi connectivity index (χ2v) is 6.39. The molecule has 4 N–H and O–H groups in total. The van der Waals surface area contributed by atoms with E-state index in [4.69, 9.17) is 10.5 Å². The van der Waals surface area contributed by atoms with Gasteiger partial charge >= 0.3 is 0 Å². The number of aromatic nitrogens is 3. The molecule has 0 radical (unpaired) electrons. The molecule has 0 saturated carbocycles. The van der Waals surface area contributed by atoms with Crippen LogP contribution in [0, 0.1) is 5.82 Å². The van der Waals surface area contributed by atoms with Gasteiger partial charge in [0.25, 0.3) is 5.91 Å². The second kappa shape index (κ2) is 9.34. The average molecular weight is 428 g/mol. The molecule has 1 amide bonds. The van der Waals surface area contributed by atoms with Crippen LogP contribution in [0.3, 0.4) is 0 Å². The van der Waals surface area contributed by atoms with E-state index in [-0.39, 0.29) is 37.2 Å². The molecule has 154 valence electrons. The molecule has 0 saturated heterocycles. The third kappa shape index (κ3) is 4.91. The van der Waals surface area contributed by atoms with Crippen LogP contribution in [-0.2, 0) is 13.1 Å². The molecular formula is C21H19ClFN5O2. The Kier molecular flexibility index (Phi) is 6.61. The van der Waals surface area contributed by atoms with E-state index in [1.165, 1.54) is 18.5 Å². The first kappa shape index (κ1) is 21.2. The summed E-state index contributed by atoms with van der Waals surface area (Å²) in [6, 6.07) is 14.7. The van der Waals surface area contributed by atoms with Crippen LogP contribution in [0.25, 0.3) is 10.9 Å². The molecule has 0 aliphatic heterocycles. The highest BCUT2D eigenvalue weighted by molar-refractivity contribution is 5.94. The van der Waals surface area contributed by atoms with Crippen LogP contribution in [0.4, 0.5) is 4.39 Å². The predicted octanol–water partition coefficient (Wildman–Crippen LogP) is 3.70. The maximum absolute atomic E-state index is 13.3. The van der Waals surface area contributed by atoms with Crippen molar-refractivity contribution in [3.8, 4) is 11.6 Å². The number of hydrogen-bond donors (Lipinski definition) is 3. The lowest BCUT2D eigenvalue weighted by Crippen LogP contribution is -2.22. The van der Waals surface area contributed by atoms with Crippen molar-refractivity contribution in [1.82, 2.24) is 20.3 Å². The van der Waals surface area contributed by atoms with Crippen molar-refractivity contribution in [2.45, 2.75) is 13.1 Å². The highest BCUT2D eigenvalue weighted by Gasteiger charge is 2.09. The number of aromatic amines is 1. The summed E-state index contributed by atoms with van der Waals surface area (Å²) in [4.78, 5) is 23.7. The summed E-state index contributed by atoms with van der Waals surface area (Å²) in [5, 5.41) is 3.59. The zero-order valence-electron chi connectivity index (χ0n) is 15.8. The number of amides is 1. The van der Waals surface area contributed by atoms with E-state index in [2.05, 4.69) is 20.3 Å². The van der Waals surface area contributed by atoms with Crippen molar-refractivity contribution in [1.29, 1.82) is 0 Å². The van der Waals surface area contributed by atoms with Crippen LogP contribution in [0.1, 0.15) is 21.7 Å². The molecule has 0 bridgehead atoms. The Bertz CT molecular complexity index is 1180. The number of hydrogen-bond acceptors (Lipinski definition) is 5. The lowest BCUT2D eigenvalue weighted by atomic mass is 10.2. The molecule has 9 heteroatoms. The van der Waals surface area contributed by atoms with Gasteiger partial charge in [-0.2, -0.15) is 0 Å². The number of halogens is 2. The molecule has 0 fully saturated rings. The number of carbonyl (C=O) groups excluding carboxylic acids is 1. The van der Waals surface area contributed by atoms with E-state index >= 15 is 0 Å². The minimum Gasteiger partial charge on any atom is -0.439 e. The van der Waals surface area contributed by atoms with Crippen molar-refractivity contribution in [3.63, 3.8) is 0 Å². The summed E-state index contributed by atoms with van der Waals surface area (Å²) in [7, 11) is 0. The van der Waals surface area contributed by atoms with Gasteiger partial charge in [-0.3, -0.25) is 4.79 Å². The maximum atomic E-state index is 13.3. The number of fused-ring (bicyclic) bond motifs is 1. The van der Waals surface area contributed by atoms with E-state index in [0.717, 1.165) is 16.6 Å². The first-order chi connectivity index (χ1) is 14.1. The molecule has 2 aromatic carbocycles. The Balaban J connectivity index is 0.00000256. The number of ether oxygens (including phenoxy) is 1. The van der Waals surface area contributed by atoms with Crippen LogP contribution >= 0.6 is 12.4 Å². The molecule has 2 heterocycles. The quantitative estimate of drug-likeness (QED) is 0.435. The Labute approximate surface area is 177 Å². The molecule has 4 rings (SSSR count). The van der Waals surface area contributed by atoms with Gasteiger partial charge in [-0.1, -0.05) is 6.07 Å². The third-order valence-electron chi connectivity index (χ3n) is 4.30. The number of nitrogens with one attached hydrogen (secondary N) is 2. The first-order valence-electron chi connectivity index (χ1n) is 8.95. The van der Waals surface area contributed by atoms with Gasteiger partial charge in [0, 0.05) is 34.8 Å². The van der Waals surface area contributed by atoms with Crippen molar-refractivity contribution < 1.29 is 13.9 Å². The molecule has 7 nitrogen and oxygen atoms in total. The van der Waals surface area contributed by atoms with Crippen LogP contribution in [-0.4, -0.2) is 20.9 Å². The van der Waals surface area contributed by atoms with Gasteiger partial charge in [0.05, 0.1) is 12.2 Å². The first-order valence-corrected chi connectivity index (χ1v) is 8.95. The number of H-pyrrole nitrogens is 1. The van der Waals surface area contributed by atoms with Crippen LogP contribution in [0.5, 0.6) is 11.6 Å². The van der Waals surface area contributed by atoms with Gasteiger partial charge in [0.2, 0.25) is 5.88 Å². The summed E-state index contributed by atoms with van der Waals surface area (Å²) in [5.74, 6) is 0.264. The zero-order valence-corrected chi connectivity index (χ0v) is 16.6.